The van der Waals surface area contributed by atoms with Crippen molar-refractivity contribution in [1.82, 2.24) is 4.98 Å². The van der Waals surface area contributed by atoms with Gasteiger partial charge in [0.2, 0.25) is 5.88 Å². The third-order valence-electron chi connectivity index (χ3n) is 1.34. The minimum Gasteiger partial charge on any atom is -0.471 e. The minimum absolute atomic E-state index is 0.423. The molecule has 0 saturated carbocycles. The van der Waals surface area contributed by atoms with Crippen LogP contribution in [0.25, 0.3) is 0 Å². The topological polar surface area (TPSA) is 56.3 Å². The summed E-state index contributed by atoms with van der Waals surface area (Å²) >= 11 is 0. The Labute approximate surface area is 89.3 Å². The van der Waals surface area contributed by atoms with E-state index in [-0.39, 0.29) is 0 Å². The number of hydrogen-bond donors (Lipinski definition) is 0. The Morgan fingerprint density at radius 1 is 1.53 bits per heavy atom. The number of aromatic nitrogens is 1. The summed E-state index contributed by atoms with van der Waals surface area (Å²) in [6.45, 7) is -0.934. The van der Waals surface area contributed by atoms with Crippen LogP contribution in [0.1, 0.15) is 0 Å². The standard InChI is InChI=1S/C7H6ClF2NO3S/c8-15(12,13)5-2-1-3-11-7(5)14-4-6(9)10/h1-3,6H,4H2. The van der Waals surface area contributed by atoms with Crippen molar-refractivity contribution < 1.29 is 21.9 Å². The third kappa shape index (κ3) is 3.60. The molecule has 0 unspecified atom stereocenters. The second kappa shape index (κ2) is 4.71. The average Bonchev–Trinajstić information content (AvgIpc) is 2.13. The van der Waals surface area contributed by atoms with Crippen LogP contribution in [-0.2, 0) is 9.05 Å². The Kier molecular flexibility index (Phi) is 3.81. The van der Waals surface area contributed by atoms with Crippen LogP contribution in [0.15, 0.2) is 23.2 Å². The van der Waals surface area contributed by atoms with Crippen LogP contribution >= 0.6 is 10.7 Å². The molecule has 1 aromatic rings. The molecule has 4 nitrogen and oxygen atoms in total. The van der Waals surface area contributed by atoms with E-state index >= 15 is 0 Å². The fourth-order valence-corrected chi connectivity index (χ4v) is 1.73. The quantitative estimate of drug-likeness (QED) is 0.770. The number of hydrogen-bond acceptors (Lipinski definition) is 4. The van der Waals surface area contributed by atoms with Crippen LogP contribution in [0.5, 0.6) is 5.88 Å². The minimum atomic E-state index is -4.04. The van der Waals surface area contributed by atoms with Crippen LogP contribution in [0, 0.1) is 0 Å². The number of alkyl halides is 2. The second-order valence-electron chi connectivity index (χ2n) is 2.45. The summed E-state index contributed by atoms with van der Waals surface area (Å²) in [4.78, 5) is 3.07. The first-order valence-electron chi connectivity index (χ1n) is 3.72. The van der Waals surface area contributed by atoms with Crippen LogP contribution < -0.4 is 4.74 Å². The van der Waals surface area contributed by atoms with Crippen LogP contribution in [0.4, 0.5) is 8.78 Å². The van der Waals surface area contributed by atoms with Gasteiger partial charge in [-0.05, 0) is 12.1 Å². The van der Waals surface area contributed by atoms with Gasteiger partial charge in [0, 0.05) is 16.9 Å². The molecule has 15 heavy (non-hydrogen) atoms. The highest BCUT2D eigenvalue weighted by Crippen LogP contribution is 2.24. The van der Waals surface area contributed by atoms with Crippen molar-refractivity contribution in [2.75, 3.05) is 6.61 Å². The molecular weight excluding hydrogens is 252 g/mol. The normalized spacial score (nSPS) is 11.7. The van der Waals surface area contributed by atoms with E-state index in [0.717, 1.165) is 6.07 Å². The van der Waals surface area contributed by atoms with Crippen molar-refractivity contribution >= 4 is 19.7 Å². The largest absolute Gasteiger partial charge is 0.471 e. The van der Waals surface area contributed by atoms with Gasteiger partial charge in [0.05, 0.1) is 0 Å². The molecule has 0 aromatic carbocycles. The van der Waals surface area contributed by atoms with E-state index < -0.39 is 32.9 Å². The lowest BCUT2D eigenvalue weighted by atomic mass is 10.5. The number of ether oxygens (including phenoxy) is 1. The zero-order valence-corrected chi connectivity index (χ0v) is 8.80. The highest BCUT2D eigenvalue weighted by Gasteiger charge is 2.18. The lowest BCUT2D eigenvalue weighted by Gasteiger charge is -2.06. The number of halogens is 3. The molecule has 0 N–H and O–H groups in total. The Hall–Kier alpha value is -0.950. The monoisotopic (exact) mass is 257 g/mol. The van der Waals surface area contributed by atoms with E-state index in [9.17, 15) is 17.2 Å². The summed E-state index contributed by atoms with van der Waals surface area (Å²) in [5, 5.41) is 0. The molecule has 0 amide bonds. The molecule has 0 aliphatic rings. The van der Waals surface area contributed by atoms with Gasteiger partial charge in [-0.15, -0.1) is 0 Å². The van der Waals surface area contributed by atoms with Crippen LogP contribution in [-0.4, -0.2) is 26.4 Å². The predicted octanol–water partition coefficient (Wildman–Crippen LogP) is 1.65. The smallest absolute Gasteiger partial charge is 0.272 e. The van der Waals surface area contributed by atoms with E-state index in [1.807, 2.05) is 0 Å². The molecule has 1 heterocycles. The molecule has 0 aliphatic carbocycles. The predicted molar refractivity (Wildman–Crippen MR) is 48.8 cm³/mol. The van der Waals surface area contributed by atoms with Gasteiger partial charge in [-0.1, -0.05) is 0 Å². The van der Waals surface area contributed by atoms with Gasteiger partial charge in [0.1, 0.15) is 4.90 Å². The summed E-state index contributed by atoms with van der Waals surface area (Å²) in [5.41, 5.74) is 0. The van der Waals surface area contributed by atoms with Crippen molar-refractivity contribution in [3.8, 4) is 5.88 Å². The van der Waals surface area contributed by atoms with E-state index in [1.165, 1.54) is 12.3 Å². The van der Waals surface area contributed by atoms with Crippen LogP contribution in [0.2, 0.25) is 0 Å². The van der Waals surface area contributed by atoms with Crippen molar-refractivity contribution in [3.05, 3.63) is 18.3 Å². The molecule has 8 heteroatoms. The van der Waals surface area contributed by atoms with Crippen molar-refractivity contribution in [1.29, 1.82) is 0 Å². The first kappa shape index (κ1) is 12.1. The van der Waals surface area contributed by atoms with Crippen molar-refractivity contribution in [2.24, 2.45) is 0 Å². The number of pyridine rings is 1. The van der Waals surface area contributed by atoms with E-state index in [1.54, 1.807) is 0 Å². The van der Waals surface area contributed by atoms with Gasteiger partial charge in [0.25, 0.3) is 15.5 Å². The summed E-state index contributed by atoms with van der Waals surface area (Å²) in [6, 6.07) is 2.43. The molecule has 0 saturated heterocycles. The van der Waals surface area contributed by atoms with E-state index in [0.29, 0.717) is 0 Å². The molecule has 1 rings (SSSR count). The third-order valence-corrected chi connectivity index (χ3v) is 2.68. The Bertz CT molecular complexity index is 438. The van der Waals surface area contributed by atoms with E-state index in [4.69, 9.17) is 10.7 Å². The maximum Gasteiger partial charge on any atom is 0.272 e. The van der Waals surface area contributed by atoms with Crippen molar-refractivity contribution in [2.45, 2.75) is 11.3 Å². The molecule has 0 spiro atoms. The highest BCUT2D eigenvalue weighted by molar-refractivity contribution is 8.13. The van der Waals surface area contributed by atoms with Gasteiger partial charge in [-0.3, -0.25) is 0 Å². The van der Waals surface area contributed by atoms with Gasteiger partial charge < -0.3 is 4.74 Å². The first-order valence-corrected chi connectivity index (χ1v) is 6.03. The maximum absolute atomic E-state index is 11.8. The molecule has 0 radical (unpaired) electrons. The maximum atomic E-state index is 11.8. The highest BCUT2D eigenvalue weighted by atomic mass is 35.7. The number of nitrogens with zero attached hydrogens (tertiary/aromatic N) is 1. The van der Waals surface area contributed by atoms with Crippen LogP contribution in [0.3, 0.4) is 0 Å². The van der Waals surface area contributed by atoms with E-state index in [2.05, 4.69) is 9.72 Å². The lowest BCUT2D eigenvalue weighted by Crippen LogP contribution is -2.10. The zero-order valence-electron chi connectivity index (χ0n) is 7.23. The molecule has 0 aliphatic heterocycles. The molecule has 0 fully saturated rings. The Morgan fingerprint density at radius 3 is 2.73 bits per heavy atom. The van der Waals surface area contributed by atoms with Gasteiger partial charge >= 0.3 is 0 Å². The van der Waals surface area contributed by atoms with Crippen molar-refractivity contribution in [3.63, 3.8) is 0 Å². The molecule has 84 valence electrons. The zero-order chi connectivity index (χ0) is 11.5. The molecule has 0 atom stereocenters. The summed E-state index contributed by atoms with van der Waals surface area (Å²) in [6.07, 6.45) is -1.50. The molecule has 1 aromatic heterocycles. The summed E-state index contributed by atoms with van der Waals surface area (Å²) in [7, 11) is 1.00. The van der Waals surface area contributed by atoms with Gasteiger partial charge in [0.15, 0.2) is 6.61 Å². The number of rotatable bonds is 4. The first-order chi connectivity index (χ1) is 6.91. The Balaban J connectivity index is 2.98. The molecular formula is C7H6ClF2NO3S. The van der Waals surface area contributed by atoms with Gasteiger partial charge in [-0.25, -0.2) is 22.2 Å². The average molecular weight is 258 g/mol. The molecule has 0 bridgehead atoms. The fraction of sp³-hybridized carbons (Fsp3) is 0.286. The van der Waals surface area contributed by atoms with Gasteiger partial charge in [-0.2, -0.15) is 0 Å². The lowest BCUT2D eigenvalue weighted by molar-refractivity contribution is 0.0779. The SMILES string of the molecule is O=S(=O)(Cl)c1cccnc1OCC(F)F. The Morgan fingerprint density at radius 2 is 2.20 bits per heavy atom. The summed E-state index contributed by atoms with van der Waals surface area (Å²) in [5.74, 6) is -0.423. The second-order valence-corrected chi connectivity index (χ2v) is 4.98. The summed E-state index contributed by atoms with van der Waals surface area (Å²) < 4.78 is 50.0. The fourth-order valence-electron chi connectivity index (χ4n) is 0.812.